The van der Waals surface area contributed by atoms with Crippen molar-refractivity contribution in [3.63, 3.8) is 0 Å². The minimum absolute atomic E-state index is 0.0944. The number of amides is 1. The second-order valence-corrected chi connectivity index (χ2v) is 8.58. The SMILES string of the molecule is CC(C)Cc1ccc([C@H]([NH2+][C@H](C)C(=O)NC2CC2)c2cccs2)cc1. The Balaban J connectivity index is 1.74. The monoisotopic (exact) mass is 357 g/mol. The highest BCUT2D eigenvalue weighted by Gasteiger charge is 2.30. The third-order valence-corrected chi connectivity index (χ3v) is 5.61. The van der Waals surface area contributed by atoms with Gasteiger partial charge in [0.1, 0.15) is 6.04 Å². The minimum Gasteiger partial charge on any atom is -0.348 e. The van der Waals surface area contributed by atoms with Gasteiger partial charge in [-0.25, -0.2) is 0 Å². The zero-order valence-electron chi connectivity index (χ0n) is 15.4. The van der Waals surface area contributed by atoms with Gasteiger partial charge in [-0.15, -0.1) is 11.3 Å². The lowest BCUT2D eigenvalue weighted by Gasteiger charge is -2.20. The topological polar surface area (TPSA) is 45.7 Å². The highest BCUT2D eigenvalue weighted by atomic mass is 32.1. The molecule has 3 N–H and O–H groups in total. The Bertz CT molecular complexity index is 674. The molecule has 0 aliphatic heterocycles. The maximum absolute atomic E-state index is 12.4. The van der Waals surface area contributed by atoms with Crippen LogP contribution in [0.3, 0.4) is 0 Å². The van der Waals surface area contributed by atoms with E-state index in [1.165, 1.54) is 16.0 Å². The number of thiophene rings is 1. The molecule has 0 spiro atoms. The van der Waals surface area contributed by atoms with Gasteiger partial charge in [-0.1, -0.05) is 44.2 Å². The van der Waals surface area contributed by atoms with Crippen molar-refractivity contribution >= 4 is 17.2 Å². The number of rotatable bonds is 8. The van der Waals surface area contributed by atoms with E-state index in [-0.39, 0.29) is 18.0 Å². The molecule has 1 aromatic carbocycles. The lowest BCUT2D eigenvalue weighted by Crippen LogP contribution is -2.92. The zero-order valence-corrected chi connectivity index (χ0v) is 16.2. The van der Waals surface area contributed by atoms with E-state index in [4.69, 9.17) is 0 Å². The van der Waals surface area contributed by atoms with E-state index in [1.54, 1.807) is 11.3 Å². The molecular weight excluding hydrogens is 328 g/mol. The van der Waals surface area contributed by atoms with Gasteiger partial charge in [0.05, 0.1) is 4.88 Å². The van der Waals surface area contributed by atoms with Gasteiger partial charge in [0.25, 0.3) is 5.91 Å². The van der Waals surface area contributed by atoms with Gasteiger partial charge < -0.3 is 10.6 Å². The van der Waals surface area contributed by atoms with Gasteiger partial charge in [0.2, 0.25) is 0 Å². The number of quaternary nitrogens is 1. The molecular formula is C21H29N2OS+. The number of nitrogens with two attached hydrogens (primary N) is 1. The first-order chi connectivity index (χ1) is 12.0. The second-order valence-electron chi connectivity index (χ2n) is 7.60. The Morgan fingerprint density at radius 1 is 1.20 bits per heavy atom. The van der Waals surface area contributed by atoms with E-state index in [0.29, 0.717) is 12.0 Å². The summed E-state index contributed by atoms with van der Waals surface area (Å²) in [6.45, 7) is 6.50. The van der Waals surface area contributed by atoms with Crippen LogP contribution in [0.1, 0.15) is 55.7 Å². The lowest BCUT2D eigenvalue weighted by molar-refractivity contribution is -0.704. The van der Waals surface area contributed by atoms with Crippen molar-refractivity contribution in [3.8, 4) is 0 Å². The molecule has 1 aliphatic rings. The number of carbonyl (C=O) groups is 1. The molecule has 0 radical (unpaired) electrons. The molecule has 0 saturated heterocycles. The maximum atomic E-state index is 12.4. The largest absolute Gasteiger partial charge is 0.348 e. The van der Waals surface area contributed by atoms with Gasteiger partial charge in [0.15, 0.2) is 6.04 Å². The van der Waals surface area contributed by atoms with Crippen LogP contribution in [0.5, 0.6) is 0 Å². The summed E-state index contributed by atoms with van der Waals surface area (Å²) >= 11 is 1.76. The van der Waals surface area contributed by atoms with Crippen LogP contribution in [0.15, 0.2) is 41.8 Å². The Morgan fingerprint density at radius 3 is 2.48 bits per heavy atom. The van der Waals surface area contributed by atoms with Crippen LogP contribution < -0.4 is 10.6 Å². The highest BCUT2D eigenvalue weighted by molar-refractivity contribution is 7.10. The van der Waals surface area contributed by atoms with Crippen LogP contribution in [0.2, 0.25) is 0 Å². The Kier molecular flexibility index (Phi) is 5.92. The molecule has 2 atom stereocenters. The van der Waals surface area contributed by atoms with Gasteiger partial charge in [0, 0.05) is 11.6 Å². The fourth-order valence-electron chi connectivity index (χ4n) is 3.11. The van der Waals surface area contributed by atoms with Crippen molar-refractivity contribution in [2.75, 3.05) is 0 Å². The van der Waals surface area contributed by atoms with Crippen LogP contribution in [0.25, 0.3) is 0 Å². The molecule has 1 aliphatic carbocycles. The van der Waals surface area contributed by atoms with Gasteiger partial charge >= 0.3 is 0 Å². The summed E-state index contributed by atoms with van der Waals surface area (Å²) in [5.41, 5.74) is 2.64. The summed E-state index contributed by atoms with van der Waals surface area (Å²) in [5, 5.41) is 7.42. The van der Waals surface area contributed by atoms with Crippen LogP contribution >= 0.6 is 11.3 Å². The zero-order chi connectivity index (χ0) is 17.8. The van der Waals surface area contributed by atoms with Crippen molar-refractivity contribution in [1.82, 2.24) is 5.32 Å². The summed E-state index contributed by atoms with van der Waals surface area (Å²) in [4.78, 5) is 13.7. The summed E-state index contributed by atoms with van der Waals surface area (Å²) in [6.07, 6.45) is 3.36. The Morgan fingerprint density at radius 2 is 1.92 bits per heavy atom. The van der Waals surface area contributed by atoms with Crippen molar-refractivity contribution in [3.05, 3.63) is 57.8 Å². The molecule has 1 amide bonds. The fourth-order valence-corrected chi connectivity index (χ4v) is 3.94. The molecule has 2 aromatic rings. The van der Waals surface area contributed by atoms with E-state index < -0.39 is 0 Å². The van der Waals surface area contributed by atoms with Crippen molar-refractivity contribution in [2.24, 2.45) is 5.92 Å². The fraction of sp³-hybridized carbons (Fsp3) is 0.476. The number of benzene rings is 1. The lowest BCUT2D eigenvalue weighted by atomic mass is 9.98. The predicted molar refractivity (Wildman–Crippen MR) is 104 cm³/mol. The van der Waals surface area contributed by atoms with Gasteiger partial charge in [-0.3, -0.25) is 4.79 Å². The van der Waals surface area contributed by atoms with Crippen LogP contribution in [0, 0.1) is 5.92 Å². The van der Waals surface area contributed by atoms with Gasteiger partial charge in [-0.05, 0) is 49.1 Å². The first kappa shape index (κ1) is 18.2. The third kappa shape index (κ3) is 5.16. The summed E-state index contributed by atoms with van der Waals surface area (Å²) in [6, 6.07) is 13.7. The standard InChI is InChI=1S/C21H28N2OS/c1-14(2)13-16-6-8-17(9-7-16)20(19-5-4-12-25-19)22-15(3)21(24)23-18-10-11-18/h4-9,12,14-15,18,20,22H,10-11,13H2,1-3H3,(H,23,24)/p+1/t15-,20+/m1/s1. The van der Waals surface area contributed by atoms with Crippen LogP contribution in [0.4, 0.5) is 0 Å². The Labute approximate surface area is 154 Å². The first-order valence-corrected chi connectivity index (χ1v) is 10.2. The number of nitrogens with one attached hydrogen (secondary N) is 1. The van der Waals surface area contributed by atoms with Crippen molar-refractivity contribution in [1.29, 1.82) is 0 Å². The summed E-state index contributed by atoms with van der Waals surface area (Å²) < 4.78 is 0. The smallest absolute Gasteiger partial charge is 0.278 e. The highest BCUT2D eigenvalue weighted by Crippen LogP contribution is 2.24. The molecule has 1 fully saturated rings. The molecule has 4 heteroatoms. The molecule has 1 saturated carbocycles. The van der Waals surface area contributed by atoms with E-state index >= 15 is 0 Å². The quantitative estimate of drug-likeness (QED) is 0.748. The summed E-state index contributed by atoms with van der Waals surface area (Å²) in [5.74, 6) is 0.817. The maximum Gasteiger partial charge on any atom is 0.278 e. The number of hydrogen-bond acceptors (Lipinski definition) is 2. The van der Waals surface area contributed by atoms with E-state index in [0.717, 1.165) is 19.3 Å². The van der Waals surface area contributed by atoms with E-state index in [2.05, 4.69) is 66.3 Å². The first-order valence-electron chi connectivity index (χ1n) is 9.30. The molecule has 3 nitrogen and oxygen atoms in total. The molecule has 1 heterocycles. The summed E-state index contributed by atoms with van der Waals surface area (Å²) in [7, 11) is 0. The molecule has 0 unspecified atom stereocenters. The van der Waals surface area contributed by atoms with Crippen molar-refractivity contribution in [2.45, 2.75) is 58.2 Å². The van der Waals surface area contributed by atoms with Gasteiger partial charge in [-0.2, -0.15) is 0 Å². The Hall–Kier alpha value is -1.65. The number of carbonyl (C=O) groups excluding carboxylic acids is 1. The van der Waals surface area contributed by atoms with Crippen LogP contribution in [-0.2, 0) is 11.2 Å². The average Bonchev–Trinajstić information content (AvgIpc) is 3.23. The second kappa shape index (κ2) is 8.15. The normalized spacial score (nSPS) is 16.6. The molecule has 1 aromatic heterocycles. The number of hydrogen-bond donors (Lipinski definition) is 2. The predicted octanol–water partition coefficient (Wildman–Crippen LogP) is 3.27. The average molecular weight is 358 g/mol. The molecule has 3 rings (SSSR count). The molecule has 134 valence electrons. The third-order valence-electron chi connectivity index (χ3n) is 4.65. The minimum atomic E-state index is -0.0944. The molecule has 0 bridgehead atoms. The van der Waals surface area contributed by atoms with E-state index in [1.807, 2.05) is 6.92 Å². The van der Waals surface area contributed by atoms with Crippen LogP contribution in [-0.4, -0.2) is 18.0 Å². The molecule has 25 heavy (non-hydrogen) atoms. The van der Waals surface area contributed by atoms with E-state index in [9.17, 15) is 4.79 Å². The van der Waals surface area contributed by atoms with Crippen molar-refractivity contribution < 1.29 is 10.1 Å².